The van der Waals surface area contributed by atoms with E-state index in [1.54, 1.807) is 0 Å². The van der Waals surface area contributed by atoms with E-state index >= 15 is 0 Å². The summed E-state index contributed by atoms with van der Waals surface area (Å²) < 4.78 is 0. The summed E-state index contributed by atoms with van der Waals surface area (Å²) in [6.45, 7) is 2.66. The van der Waals surface area contributed by atoms with E-state index in [9.17, 15) is 4.79 Å². The lowest BCUT2D eigenvalue weighted by Gasteiger charge is -2.28. The van der Waals surface area contributed by atoms with Crippen LogP contribution in [0.15, 0.2) is 24.3 Å². The van der Waals surface area contributed by atoms with Gasteiger partial charge in [0.25, 0.3) is 0 Å². The average Bonchev–Trinajstić information content (AvgIpc) is 2.38. The van der Waals surface area contributed by atoms with E-state index in [1.807, 2.05) is 29.2 Å². The van der Waals surface area contributed by atoms with Crippen LogP contribution in [0, 0.1) is 0 Å². The zero-order chi connectivity index (χ0) is 13.7. The number of fused-ring (bicyclic) bond motifs is 1. The van der Waals surface area contributed by atoms with Crippen molar-refractivity contribution in [1.82, 2.24) is 4.90 Å². The van der Waals surface area contributed by atoms with Gasteiger partial charge in [-0.25, -0.2) is 0 Å². The van der Waals surface area contributed by atoms with Crippen LogP contribution in [-0.4, -0.2) is 44.5 Å². The summed E-state index contributed by atoms with van der Waals surface area (Å²) in [7, 11) is 4.12. The predicted molar refractivity (Wildman–Crippen MR) is 79.7 cm³/mol. The Labute approximate surface area is 115 Å². The van der Waals surface area contributed by atoms with Crippen LogP contribution in [0.3, 0.4) is 0 Å². The number of nitrogens with one attached hydrogen (secondary N) is 1. The molecule has 1 aromatic rings. The van der Waals surface area contributed by atoms with Crippen molar-refractivity contribution in [3.8, 4) is 0 Å². The summed E-state index contributed by atoms with van der Waals surface area (Å²) in [4.78, 5) is 16.4. The third-order valence-electron chi connectivity index (χ3n) is 3.37. The lowest BCUT2D eigenvalue weighted by Crippen LogP contribution is -2.35. The highest BCUT2D eigenvalue weighted by Crippen LogP contribution is 2.28. The Kier molecular flexibility index (Phi) is 4.80. The van der Waals surface area contributed by atoms with Crippen LogP contribution in [0.4, 0.5) is 11.4 Å². The van der Waals surface area contributed by atoms with E-state index in [0.29, 0.717) is 6.42 Å². The molecular formula is C15H23N3O. The van der Waals surface area contributed by atoms with Crippen molar-refractivity contribution in [1.29, 1.82) is 0 Å². The van der Waals surface area contributed by atoms with Gasteiger partial charge >= 0.3 is 0 Å². The molecule has 104 valence electrons. The molecule has 0 radical (unpaired) electrons. The molecular weight excluding hydrogens is 238 g/mol. The molecule has 0 saturated heterocycles. The van der Waals surface area contributed by atoms with Crippen molar-refractivity contribution >= 4 is 17.3 Å². The molecule has 0 spiro atoms. The molecule has 0 fully saturated rings. The Balaban J connectivity index is 2.15. The van der Waals surface area contributed by atoms with Crippen LogP contribution in [0.25, 0.3) is 0 Å². The summed E-state index contributed by atoms with van der Waals surface area (Å²) in [6, 6.07) is 8.08. The van der Waals surface area contributed by atoms with Crippen molar-refractivity contribution in [3.63, 3.8) is 0 Å². The molecule has 0 aromatic heterocycles. The Hall–Kier alpha value is -1.55. The van der Waals surface area contributed by atoms with E-state index in [4.69, 9.17) is 0 Å². The predicted octanol–water partition coefficient (Wildman–Crippen LogP) is 2.18. The highest BCUT2D eigenvalue weighted by Gasteiger charge is 2.19. The molecule has 4 nitrogen and oxygen atoms in total. The van der Waals surface area contributed by atoms with Gasteiger partial charge in [0.1, 0.15) is 0 Å². The number of anilines is 2. The first-order valence-electron chi connectivity index (χ1n) is 6.96. The maximum atomic E-state index is 12.3. The van der Waals surface area contributed by atoms with Crippen LogP contribution in [0.2, 0.25) is 0 Å². The van der Waals surface area contributed by atoms with E-state index in [0.717, 1.165) is 43.9 Å². The third-order valence-corrected chi connectivity index (χ3v) is 3.37. The summed E-state index contributed by atoms with van der Waals surface area (Å²) in [5, 5.41) is 3.41. The highest BCUT2D eigenvalue weighted by atomic mass is 16.2. The number of para-hydroxylation sites is 2. The molecule has 0 saturated carbocycles. The second kappa shape index (κ2) is 6.57. The standard InChI is InChI=1S/C15H23N3O/c1-17(2)11-6-12-18-14-8-4-3-7-13(14)16-10-5-9-15(18)19/h3-4,7-8,16H,5-6,9-12H2,1-2H3. The van der Waals surface area contributed by atoms with Crippen molar-refractivity contribution in [2.45, 2.75) is 19.3 Å². The van der Waals surface area contributed by atoms with Crippen molar-refractivity contribution in [3.05, 3.63) is 24.3 Å². The number of benzene rings is 1. The zero-order valence-corrected chi connectivity index (χ0v) is 11.9. The molecule has 0 unspecified atom stereocenters. The number of carbonyl (C=O) groups excluding carboxylic acids is 1. The molecule has 1 N–H and O–H groups in total. The smallest absolute Gasteiger partial charge is 0.227 e. The first kappa shape index (κ1) is 13.9. The van der Waals surface area contributed by atoms with E-state index < -0.39 is 0 Å². The zero-order valence-electron chi connectivity index (χ0n) is 11.9. The minimum Gasteiger partial charge on any atom is -0.383 e. The molecule has 0 bridgehead atoms. The molecule has 1 aliphatic heterocycles. The van der Waals surface area contributed by atoms with E-state index in [1.165, 1.54) is 0 Å². The van der Waals surface area contributed by atoms with Gasteiger partial charge < -0.3 is 15.1 Å². The average molecular weight is 261 g/mol. The van der Waals surface area contributed by atoms with Crippen LogP contribution >= 0.6 is 0 Å². The number of amides is 1. The Bertz CT molecular complexity index is 431. The van der Waals surface area contributed by atoms with Gasteiger partial charge in [-0.2, -0.15) is 0 Å². The van der Waals surface area contributed by atoms with Gasteiger partial charge in [0.05, 0.1) is 11.4 Å². The lowest BCUT2D eigenvalue weighted by molar-refractivity contribution is -0.118. The van der Waals surface area contributed by atoms with E-state index in [2.05, 4.69) is 24.3 Å². The van der Waals surface area contributed by atoms with Gasteiger partial charge in [-0.05, 0) is 45.6 Å². The molecule has 1 amide bonds. The van der Waals surface area contributed by atoms with Crippen LogP contribution in [0.5, 0.6) is 0 Å². The molecule has 2 rings (SSSR count). The summed E-state index contributed by atoms with van der Waals surface area (Å²) in [5.74, 6) is 0.243. The molecule has 0 atom stereocenters. The summed E-state index contributed by atoms with van der Waals surface area (Å²) in [6.07, 6.45) is 2.52. The van der Waals surface area contributed by atoms with Gasteiger partial charge in [0.2, 0.25) is 5.91 Å². The summed E-state index contributed by atoms with van der Waals surface area (Å²) in [5.41, 5.74) is 2.09. The normalized spacial score (nSPS) is 15.7. The van der Waals surface area contributed by atoms with Gasteiger partial charge in [-0.1, -0.05) is 12.1 Å². The number of hydrogen-bond donors (Lipinski definition) is 1. The second-order valence-corrected chi connectivity index (χ2v) is 5.25. The fraction of sp³-hybridized carbons (Fsp3) is 0.533. The van der Waals surface area contributed by atoms with Gasteiger partial charge in [0.15, 0.2) is 0 Å². The summed E-state index contributed by atoms with van der Waals surface area (Å²) >= 11 is 0. The molecule has 1 aliphatic rings. The van der Waals surface area contributed by atoms with Crippen LogP contribution in [0.1, 0.15) is 19.3 Å². The first-order valence-corrected chi connectivity index (χ1v) is 6.96. The Morgan fingerprint density at radius 3 is 2.89 bits per heavy atom. The SMILES string of the molecule is CN(C)CCCN1C(=O)CCCNc2ccccc21. The van der Waals surface area contributed by atoms with Gasteiger partial charge in [0, 0.05) is 19.5 Å². The van der Waals surface area contributed by atoms with Crippen molar-refractivity contribution < 1.29 is 4.79 Å². The topological polar surface area (TPSA) is 35.6 Å². The highest BCUT2D eigenvalue weighted by molar-refractivity contribution is 5.97. The molecule has 19 heavy (non-hydrogen) atoms. The van der Waals surface area contributed by atoms with Gasteiger partial charge in [-0.3, -0.25) is 4.79 Å². The minimum absolute atomic E-state index is 0.243. The van der Waals surface area contributed by atoms with E-state index in [-0.39, 0.29) is 5.91 Å². The minimum atomic E-state index is 0.243. The largest absolute Gasteiger partial charge is 0.383 e. The number of carbonyl (C=O) groups is 1. The Morgan fingerprint density at radius 1 is 1.32 bits per heavy atom. The third kappa shape index (κ3) is 3.70. The first-order chi connectivity index (χ1) is 9.18. The monoisotopic (exact) mass is 261 g/mol. The molecule has 1 heterocycles. The van der Waals surface area contributed by atoms with Crippen molar-refractivity contribution in [2.75, 3.05) is 43.9 Å². The number of hydrogen-bond acceptors (Lipinski definition) is 3. The van der Waals surface area contributed by atoms with Gasteiger partial charge in [-0.15, -0.1) is 0 Å². The maximum Gasteiger partial charge on any atom is 0.227 e. The number of rotatable bonds is 4. The van der Waals surface area contributed by atoms with Crippen LogP contribution < -0.4 is 10.2 Å². The fourth-order valence-corrected chi connectivity index (χ4v) is 2.38. The molecule has 0 aliphatic carbocycles. The maximum absolute atomic E-state index is 12.3. The number of nitrogens with zero attached hydrogens (tertiary/aromatic N) is 2. The second-order valence-electron chi connectivity index (χ2n) is 5.25. The van der Waals surface area contributed by atoms with Crippen molar-refractivity contribution in [2.24, 2.45) is 0 Å². The lowest BCUT2D eigenvalue weighted by atomic mass is 10.1. The molecule has 4 heteroatoms. The van der Waals surface area contributed by atoms with Crippen LogP contribution in [-0.2, 0) is 4.79 Å². The Morgan fingerprint density at radius 2 is 2.11 bits per heavy atom. The fourth-order valence-electron chi connectivity index (χ4n) is 2.38. The quantitative estimate of drug-likeness (QED) is 0.902. The molecule has 1 aromatic carbocycles.